The van der Waals surface area contributed by atoms with Crippen LogP contribution in [0.15, 0.2) is 36.4 Å². The second-order valence-corrected chi connectivity index (χ2v) is 6.59. The summed E-state index contributed by atoms with van der Waals surface area (Å²) in [5.74, 6) is -1.28. The van der Waals surface area contributed by atoms with E-state index in [4.69, 9.17) is 5.73 Å². The van der Waals surface area contributed by atoms with Crippen molar-refractivity contribution in [2.24, 2.45) is 5.73 Å². The van der Waals surface area contributed by atoms with Gasteiger partial charge in [0.15, 0.2) is 0 Å². The maximum absolute atomic E-state index is 13.5. The Hall–Kier alpha value is -3.20. The minimum Gasteiger partial charge on any atom is -0.369 e. The largest absolute Gasteiger partial charge is 0.369 e. The van der Waals surface area contributed by atoms with Crippen LogP contribution in [0.1, 0.15) is 41.3 Å². The molecule has 2 aromatic heterocycles. The Balaban J connectivity index is 1.96. The SMILES string of the molecule is N#Cc1ccc2c(c1)c1c(n2Cc2cccc(F)n2)C(C(N)=O)CCC1. The van der Waals surface area contributed by atoms with Crippen LogP contribution in [-0.4, -0.2) is 15.5 Å². The zero-order valence-corrected chi connectivity index (χ0v) is 14.1. The van der Waals surface area contributed by atoms with E-state index < -0.39 is 5.95 Å². The van der Waals surface area contributed by atoms with E-state index in [0.29, 0.717) is 24.2 Å². The summed E-state index contributed by atoms with van der Waals surface area (Å²) in [4.78, 5) is 16.0. The molecule has 2 heterocycles. The molecule has 2 N–H and O–H groups in total. The number of nitrogens with two attached hydrogens (primary N) is 1. The number of carbonyl (C=O) groups is 1. The molecule has 0 fully saturated rings. The number of aromatic nitrogens is 2. The summed E-state index contributed by atoms with van der Waals surface area (Å²) in [5, 5.41) is 10.2. The van der Waals surface area contributed by atoms with E-state index in [9.17, 15) is 14.4 Å². The van der Waals surface area contributed by atoms with Gasteiger partial charge >= 0.3 is 0 Å². The van der Waals surface area contributed by atoms with E-state index in [1.807, 2.05) is 16.7 Å². The van der Waals surface area contributed by atoms with Crippen LogP contribution in [0.2, 0.25) is 0 Å². The van der Waals surface area contributed by atoms with Gasteiger partial charge in [0.25, 0.3) is 0 Å². The van der Waals surface area contributed by atoms with Gasteiger partial charge in [0.05, 0.1) is 29.8 Å². The van der Waals surface area contributed by atoms with E-state index in [1.165, 1.54) is 6.07 Å². The van der Waals surface area contributed by atoms with Crippen molar-refractivity contribution in [3.05, 3.63) is 64.9 Å². The lowest BCUT2D eigenvalue weighted by molar-refractivity contribution is -0.119. The molecule has 0 spiro atoms. The number of fused-ring (bicyclic) bond motifs is 3. The van der Waals surface area contributed by atoms with E-state index in [2.05, 4.69) is 11.1 Å². The molecule has 1 unspecified atom stereocenters. The number of aryl methyl sites for hydroxylation is 1. The molecule has 1 aliphatic rings. The molecule has 1 atom stereocenters. The number of amides is 1. The fraction of sp³-hybridized carbons (Fsp3) is 0.250. The summed E-state index contributed by atoms with van der Waals surface area (Å²) in [6.45, 7) is 0.347. The predicted octanol–water partition coefficient (Wildman–Crippen LogP) is 3.00. The molecule has 0 bridgehead atoms. The van der Waals surface area contributed by atoms with Crippen LogP contribution in [0.25, 0.3) is 10.9 Å². The van der Waals surface area contributed by atoms with Gasteiger partial charge in [-0.25, -0.2) is 4.98 Å². The Labute approximate surface area is 149 Å². The van der Waals surface area contributed by atoms with Crippen LogP contribution in [-0.2, 0) is 17.8 Å². The number of hydrogen-bond acceptors (Lipinski definition) is 3. The van der Waals surface area contributed by atoms with Crippen LogP contribution in [0.3, 0.4) is 0 Å². The Morgan fingerprint density at radius 1 is 1.38 bits per heavy atom. The van der Waals surface area contributed by atoms with Gasteiger partial charge in [-0.3, -0.25) is 4.79 Å². The number of pyridine rings is 1. The molecule has 5 nitrogen and oxygen atoms in total. The van der Waals surface area contributed by atoms with Crippen molar-refractivity contribution in [1.82, 2.24) is 9.55 Å². The number of halogens is 1. The monoisotopic (exact) mass is 348 g/mol. The van der Waals surface area contributed by atoms with Gasteiger partial charge < -0.3 is 10.3 Å². The van der Waals surface area contributed by atoms with Gasteiger partial charge in [-0.1, -0.05) is 6.07 Å². The van der Waals surface area contributed by atoms with Gasteiger partial charge in [0, 0.05) is 16.6 Å². The van der Waals surface area contributed by atoms with Crippen molar-refractivity contribution in [3.63, 3.8) is 0 Å². The van der Waals surface area contributed by atoms with Gasteiger partial charge in [-0.05, 0) is 55.2 Å². The standard InChI is InChI=1S/C20H17FN4O/c21-18-6-1-3-13(24-18)11-25-17-8-7-12(10-22)9-16(17)14-4-2-5-15(19(14)25)20(23)26/h1,3,6-9,15H,2,4-5,11H2,(H2,23,26). The fourth-order valence-electron chi connectivity index (χ4n) is 3.94. The Bertz CT molecular complexity index is 1060. The lowest BCUT2D eigenvalue weighted by atomic mass is 9.86. The second-order valence-electron chi connectivity index (χ2n) is 6.59. The Morgan fingerprint density at radius 3 is 2.96 bits per heavy atom. The molecule has 0 radical (unpaired) electrons. The van der Waals surface area contributed by atoms with Crippen LogP contribution < -0.4 is 5.73 Å². The van der Waals surface area contributed by atoms with Crippen molar-refractivity contribution >= 4 is 16.8 Å². The Morgan fingerprint density at radius 2 is 2.23 bits per heavy atom. The van der Waals surface area contributed by atoms with Crippen molar-refractivity contribution < 1.29 is 9.18 Å². The number of hydrogen-bond donors (Lipinski definition) is 1. The third kappa shape index (κ3) is 2.62. The third-order valence-electron chi connectivity index (χ3n) is 5.03. The highest BCUT2D eigenvalue weighted by Crippen LogP contribution is 2.39. The third-order valence-corrected chi connectivity index (χ3v) is 5.03. The smallest absolute Gasteiger partial charge is 0.226 e. The molecule has 1 amide bonds. The van der Waals surface area contributed by atoms with Gasteiger partial charge in [-0.2, -0.15) is 9.65 Å². The zero-order valence-electron chi connectivity index (χ0n) is 14.1. The molecular weight excluding hydrogens is 331 g/mol. The van der Waals surface area contributed by atoms with Gasteiger partial charge in [0.1, 0.15) is 0 Å². The molecule has 26 heavy (non-hydrogen) atoms. The molecule has 0 saturated heterocycles. The quantitative estimate of drug-likeness (QED) is 0.738. The minimum atomic E-state index is -0.536. The molecule has 1 aliphatic carbocycles. The van der Waals surface area contributed by atoms with E-state index in [0.717, 1.165) is 35.0 Å². The highest BCUT2D eigenvalue weighted by atomic mass is 19.1. The molecule has 1 aromatic carbocycles. The summed E-state index contributed by atoms with van der Waals surface area (Å²) >= 11 is 0. The number of rotatable bonds is 3. The number of nitrogens with zero attached hydrogens (tertiary/aromatic N) is 3. The molecule has 4 rings (SSSR count). The molecule has 6 heteroatoms. The number of nitriles is 1. The summed E-state index contributed by atoms with van der Waals surface area (Å²) < 4.78 is 15.5. The zero-order chi connectivity index (χ0) is 18.3. The number of primary amides is 1. The maximum Gasteiger partial charge on any atom is 0.226 e. The Kier molecular flexibility index (Phi) is 3.92. The normalized spacial score (nSPS) is 16.2. The van der Waals surface area contributed by atoms with Crippen LogP contribution in [0.4, 0.5) is 4.39 Å². The number of carbonyl (C=O) groups excluding carboxylic acids is 1. The summed E-state index contributed by atoms with van der Waals surface area (Å²) in [5.41, 5.74) is 9.65. The van der Waals surface area contributed by atoms with E-state index in [-0.39, 0.29) is 11.8 Å². The molecular formula is C20H17FN4O. The summed E-state index contributed by atoms with van der Waals surface area (Å²) in [7, 11) is 0. The fourth-order valence-corrected chi connectivity index (χ4v) is 3.94. The van der Waals surface area contributed by atoms with Gasteiger partial charge in [-0.15, -0.1) is 0 Å². The average molecular weight is 348 g/mol. The summed E-state index contributed by atoms with van der Waals surface area (Å²) in [6.07, 6.45) is 2.39. The lowest BCUT2D eigenvalue weighted by Gasteiger charge is -2.23. The van der Waals surface area contributed by atoms with Crippen LogP contribution in [0.5, 0.6) is 0 Å². The van der Waals surface area contributed by atoms with Crippen molar-refractivity contribution in [2.75, 3.05) is 0 Å². The number of benzene rings is 1. The topological polar surface area (TPSA) is 84.7 Å². The second kappa shape index (κ2) is 6.26. The molecule has 0 aliphatic heterocycles. The van der Waals surface area contributed by atoms with Crippen molar-refractivity contribution in [1.29, 1.82) is 5.26 Å². The van der Waals surface area contributed by atoms with E-state index in [1.54, 1.807) is 18.2 Å². The predicted molar refractivity (Wildman–Crippen MR) is 94.8 cm³/mol. The van der Waals surface area contributed by atoms with E-state index >= 15 is 0 Å². The molecule has 3 aromatic rings. The molecule has 0 saturated carbocycles. The first kappa shape index (κ1) is 16.3. The maximum atomic E-state index is 13.5. The minimum absolute atomic E-state index is 0.347. The van der Waals surface area contributed by atoms with Crippen LogP contribution in [0, 0.1) is 17.3 Å². The first-order valence-corrected chi connectivity index (χ1v) is 8.54. The lowest BCUT2D eigenvalue weighted by Crippen LogP contribution is -2.27. The van der Waals surface area contributed by atoms with Crippen molar-refractivity contribution in [3.8, 4) is 6.07 Å². The first-order valence-electron chi connectivity index (χ1n) is 8.54. The highest BCUT2D eigenvalue weighted by molar-refractivity contribution is 5.91. The van der Waals surface area contributed by atoms with Crippen molar-refractivity contribution in [2.45, 2.75) is 31.7 Å². The molecule has 130 valence electrons. The first-order chi connectivity index (χ1) is 12.6. The summed E-state index contributed by atoms with van der Waals surface area (Å²) in [6, 6.07) is 12.3. The van der Waals surface area contributed by atoms with Crippen LogP contribution >= 0.6 is 0 Å². The van der Waals surface area contributed by atoms with Gasteiger partial charge in [0.2, 0.25) is 11.9 Å². The highest BCUT2D eigenvalue weighted by Gasteiger charge is 2.31. The average Bonchev–Trinajstić information content (AvgIpc) is 2.95.